The number of carbonyl (C=O) groups excluding carboxylic acids is 2. The molecule has 0 bridgehead atoms. The van der Waals surface area contributed by atoms with Crippen LogP contribution < -0.4 is 10.2 Å². The van der Waals surface area contributed by atoms with E-state index >= 15 is 0 Å². The van der Waals surface area contributed by atoms with Crippen molar-refractivity contribution in [1.82, 2.24) is 5.32 Å². The SMILES string of the molecule is CCCC(=O)NCCN(C(C)=O)c1ccccc1F. The first-order chi connectivity index (χ1) is 9.06. The van der Waals surface area contributed by atoms with E-state index in [-0.39, 0.29) is 24.0 Å². The van der Waals surface area contributed by atoms with Crippen molar-refractivity contribution in [1.29, 1.82) is 0 Å². The topological polar surface area (TPSA) is 49.4 Å². The molecule has 0 aliphatic heterocycles. The molecule has 0 spiro atoms. The second-order valence-corrected chi connectivity index (χ2v) is 4.22. The Morgan fingerprint density at radius 1 is 1.32 bits per heavy atom. The minimum atomic E-state index is -0.447. The van der Waals surface area contributed by atoms with Crippen molar-refractivity contribution in [3.8, 4) is 0 Å². The molecule has 4 nitrogen and oxygen atoms in total. The van der Waals surface area contributed by atoms with Gasteiger partial charge in [0.15, 0.2) is 0 Å². The van der Waals surface area contributed by atoms with Crippen LogP contribution in [0.1, 0.15) is 26.7 Å². The van der Waals surface area contributed by atoms with Crippen LogP contribution in [0.4, 0.5) is 10.1 Å². The quantitative estimate of drug-likeness (QED) is 0.857. The van der Waals surface area contributed by atoms with Gasteiger partial charge in [0.1, 0.15) is 5.82 Å². The maximum absolute atomic E-state index is 13.6. The predicted octanol–water partition coefficient (Wildman–Crippen LogP) is 2.09. The van der Waals surface area contributed by atoms with Crippen LogP contribution in [0.2, 0.25) is 0 Å². The fourth-order valence-electron chi connectivity index (χ4n) is 1.74. The molecule has 0 saturated carbocycles. The van der Waals surface area contributed by atoms with E-state index < -0.39 is 5.82 Å². The third-order valence-electron chi connectivity index (χ3n) is 2.66. The maximum atomic E-state index is 13.6. The average molecular weight is 266 g/mol. The van der Waals surface area contributed by atoms with Crippen molar-refractivity contribution in [2.24, 2.45) is 0 Å². The standard InChI is InChI=1S/C14H19FN2O2/c1-3-6-14(19)16-9-10-17(11(2)18)13-8-5-4-7-12(13)15/h4-5,7-8H,3,6,9-10H2,1-2H3,(H,16,19). The second-order valence-electron chi connectivity index (χ2n) is 4.22. The summed E-state index contributed by atoms with van der Waals surface area (Å²) in [5.41, 5.74) is 0.236. The monoisotopic (exact) mass is 266 g/mol. The van der Waals surface area contributed by atoms with E-state index in [4.69, 9.17) is 0 Å². The number of amides is 2. The fraction of sp³-hybridized carbons (Fsp3) is 0.429. The van der Waals surface area contributed by atoms with E-state index in [1.165, 1.54) is 17.9 Å². The van der Waals surface area contributed by atoms with Crippen LogP contribution in [-0.2, 0) is 9.59 Å². The molecule has 0 aliphatic carbocycles. The molecule has 2 amide bonds. The van der Waals surface area contributed by atoms with Crippen molar-refractivity contribution in [2.45, 2.75) is 26.7 Å². The van der Waals surface area contributed by atoms with E-state index in [1.54, 1.807) is 18.2 Å². The number of hydrogen-bond donors (Lipinski definition) is 1. The molecule has 0 atom stereocenters. The van der Waals surface area contributed by atoms with Gasteiger partial charge in [-0.1, -0.05) is 19.1 Å². The predicted molar refractivity (Wildman–Crippen MR) is 72.3 cm³/mol. The van der Waals surface area contributed by atoms with E-state index in [2.05, 4.69) is 5.32 Å². The van der Waals surface area contributed by atoms with Crippen LogP contribution in [0.25, 0.3) is 0 Å². The lowest BCUT2D eigenvalue weighted by Crippen LogP contribution is -2.37. The van der Waals surface area contributed by atoms with E-state index in [1.807, 2.05) is 6.92 Å². The molecule has 0 heterocycles. The lowest BCUT2D eigenvalue weighted by atomic mass is 10.2. The molecule has 0 aromatic heterocycles. The Morgan fingerprint density at radius 2 is 2.00 bits per heavy atom. The van der Waals surface area contributed by atoms with Gasteiger partial charge in [-0.2, -0.15) is 0 Å². The Balaban J connectivity index is 2.63. The molecule has 0 aliphatic rings. The number of carbonyl (C=O) groups is 2. The zero-order valence-electron chi connectivity index (χ0n) is 11.3. The van der Waals surface area contributed by atoms with Crippen LogP contribution in [0.5, 0.6) is 0 Å². The molecule has 0 saturated heterocycles. The third-order valence-corrected chi connectivity index (χ3v) is 2.66. The van der Waals surface area contributed by atoms with Gasteiger partial charge in [-0.3, -0.25) is 9.59 Å². The number of benzene rings is 1. The van der Waals surface area contributed by atoms with Crippen molar-refractivity contribution in [3.63, 3.8) is 0 Å². The van der Waals surface area contributed by atoms with Gasteiger partial charge in [0.05, 0.1) is 5.69 Å². The first-order valence-electron chi connectivity index (χ1n) is 6.35. The number of nitrogens with one attached hydrogen (secondary N) is 1. The van der Waals surface area contributed by atoms with E-state index in [9.17, 15) is 14.0 Å². The van der Waals surface area contributed by atoms with Gasteiger partial charge in [-0.05, 0) is 18.6 Å². The molecule has 19 heavy (non-hydrogen) atoms. The van der Waals surface area contributed by atoms with Gasteiger partial charge in [0.2, 0.25) is 11.8 Å². The first-order valence-corrected chi connectivity index (χ1v) is 6.35. The highest BCUT2D eigenvalue weighted by Crippen LogP contribution is 2.18. The van der Waals surface area contributed by atoms with Crippen LogP contribution in [0.15, 0.2) is 24.3 Å². The molecule has 104 valence electrons. The summed E-state index contributed by atoms with van der Waals surface area (Å²) in [6.45, 7) is 3.86. The van der Waals surface area contributed by atoms with Gasteiger partial charge in [-0.15, -0.1) is 0 Å². The minimum absolute atomic E-state index is 0.0560. The van der Waals surface area contributed by atoms with Gasteiger partial charge in [-0.25, -0.2) is 4.39 Å². The normalized spacial score (nSPS) is 10.1. The highest BCUT2D eigenvalue weighted by Gasteiger charge is 2.14. The molecule has 1 aromatic carbocycles. The lowest BCUT2D eigenvalue weighted by Gasteiger charge is -2.21. The minimum Gasteiger partial charge on any atom is -0.354 e. The molecule has 1 aromatic rings. The highest BCUT2D eigenvalue weighted by molar-refractivity contribution is 5.91. The summed E-state index contributed by atoms with van der Waals surface area (Å²) in [6, 6.07) is 6.09. The number of nitrogens with zero attached hydrogens (tertiary/aromatic N) is 1. The summed E-state index contributed by atoms with van der Waals surface area (Å²) >= 11 is 0. The van der Waals surface area contributed by atoms with Crippen LogP contribution in [0, 0.1) is 5.82 Å². The van der Waals surface area contributed by atoms with Gasteiger partial charge >= 0.3 is 0 Å². The van der Waals surface area contributed by atoms with Crippen molar-refractivity contribution >= 4 is 17.5 Å². The number of para-hydroxylation sites is 1. The molecule has 5 heteroatoms. The third kappa shape index (κ3) is 4.69. The van der Waals surface area contributed by atoms with Crippen LogP contribution >= 0.6 is 0 Å². The molecule has 0 fully saturated rings. The Morgan fingerprint density at radius 3 is 2.58 bits per heavy atom. The molecular weight excluding hydrogens is 247 g/mol. The molecule has 1 rings (SSSR count). The number of anilines is 1. The van der Waals surface area contributed by atoms with Gasteiger partial charge in [0, 0.05) is 26.4 Å². The molecule has 1 N–H and O–H groups in total. The summed E-state index contributed by atoms with van der Waals surface area (Å²) in [5, 5.41) is 2.70. The Labute approximate surface area is 112 Å². The summed E-state index contributed by atoms with van der Waals surface area (Å²) in [4.78, 5) is 24.2. The zero-order valence-corrected chi connectivity index (χ0v) is 11.3. The number of rotatable bonds is 6. The Bertz CT molecular complexity index is 449. The van der Waals surface area contributed by atoms with Gasteiger partial charge in [0.25, 0.3) is 0 Å². The largest absolute Gasteiger partial charge is 0.354 e. The van der Waals surface area contributed by atoms with Crippen molar-refractivity contribution in [3.05, 3.63) is 30.1 Å². The molecule has 0 unspecified atom stereocenters. The fourth-order valence-corrected chi connectivity index (χ4v) is 1.74. The van der Waals surface area contributed by atoms with Crippen molar-refractivity contribution in [2.75, 3.05) is 18.0 Å². The summed E-state index contributed by atoms with van der Waals surface area (Å²) in [5.74, 6) is -0.757. The highest BCUT2D eigenvalue weighted by atomic mass is 19.1. The maximum Gasteiger partial charge on any atom is 0.224 e. The Kier molecular flexibility index (Phi) is 5.99. The molecular formula is C14H19FN2O2. The second kappa shape index (κ2) is 7.51. The smallest absolute Gasteiger partial charge is 0.224 e. The summed E-state index contributed by atoms with van der Waals surface area (Å²) < 4.78 is 13.6. The molecule has 0 radical (unpaired) electrons. The van der Waals surface area contributed by atoms with Crippen LogP contribution in [0.3, 0.4) is 0 Å². The van der Waals surface area contributed by atoms with Gasteiger partial charge < -0.3 is 10.2 Å². The van der Waals surface area contributed by atoms with Crippen molar-refractivity contribution < 1.29 is 14.0 Å². The summed E-state index contributed by atoms with van der Waals surface area (Å²) in [6.07, 6.45) is 1.23. The van der Waals surface area contributed by atoms with E-state index in [0.717, 1.165) is 6.42 Å². The number of halogens is 1. The average Bonchev–Trinajstić information content (AvgIpc) is 2.36. The van der Waals surface area contributed by atoms with E-state index in [0.29, 0.717) is 13.0 Å². The summed E-state index contributed by atoms with van der Waals surface area (Å²) in [7, 11) is 0. The zero-order chi connectivity index (χ0) is 14.3. The Hall–Kier alpha value is -1.91. The first kappa shape index (κ1) is 15.1. The van der Waals surface area contributed by atoms with Crippen LogP contribution in [-0.4, -0.2) is 24.9 Å². The number of hydrogen-bond acceptors (Lipinski definition) is 2. The lowest BCUT2D eigenvalue weighted by molar-refractivity contribution is -0.121.